The van der Waals surface area contributed by atoms with Crippen LogP contribution in [0.4, 0.5) is 11.8 Å². The molecule has 1 aliphatic heterocycles. The molecule has 1 amide bonds. The van der Waals surface area contributed by atoms with Crippen LogP contribution < -0.4 is 16.0 Å². The average molecular weight is 275 g/mol. The number of carbonyl (C=O) groups excluding carboxylic acids is 1. The van der Waals surface area contributed by atoms with Crippen LogP contribution in [-0.2, 0) is 4.79 Å². The Labute approximate surface area is 115 Å². The van der Waals surface area contributed by atoms with Crippen LogP contribution in [0.15, 0.2) is 6.20 Å². The highest BCUT2D eigenvalue weighted by atomic mass is 16.1. The number of hydrogen-bond acceptors (Lipinski definition) is 6. The van der Waals surface area contributed by atoms with E-state index in [9.17, 15) is 4.79 Å². The third-order valence-electron chi connectivity index (χ3n) is 3.48. The highest BCUT2D eigenvalue weighted by Gasteiger charge is 2.31. The summed E-state index contributed by atoms with van der Waals surface area (Å²) in [5.41, 5.74) is 6.13. The van der Waals surface area contributed by atoms with Gasteiger partial charge in [-0.1, -0.05) is 0 Å². The maximum absolute atomic E-state index is 11.6. The second-order valence-electron chi connectivity index (χ2n) is 4.79. The molecule has 4 N–H and O–H groups in total. The zero-order valence-electron chi connectivity index (χ0n) is 11.3. The summed E-state index contributed by atoms with van der Waals surface area (Å²) in [6.45, 7) is 3.46. The quantitative estimate of drug-likeness (QED) is 0.736. The van der Waals surface area contributed by atoms with Gasteiger partial charge in [0.2, 0.25) is 11.9 Å². The van der Waals surface area contributed by atoms with Crippen LogP contribution in [0.5, 0.6) is 0 Å². The second-order valence-corrected chi connectivity index (χ2v) is 4.79. The Hall–Kier alpha value is -2.38. The molecule has 1 fully saturated rings. The van der Waals surface area contributed by atoms with Crippen molar-refractivity contribution in [3.63, 3.8) is 0 Å². The van der Waals surface area contributed by atoms with E-state index in [1.807, 2.05) is 11.8 Å². The number of nitrogens with two attached hydrogens (primary N) is 1. The maximum Gasteiger partial charge on any atom is 0.240 e. The molecule has 8 nitrogen and oxygen atoms in total. The molecule has 0 bridgehead atoms. The van der Waals surface area contributed by atoms with E-state index in [-0.39, 0.29) is 11.9 Å². The van der Waals surface area contributed by atoms with Crippen LogP contribution in [0.3, 0.4) is 0 Å². The Bertz CT molecular complexity index is 638. The summed E-state index contributed by atoms with van der Waals surface area (Å²) >= 11 is 0. The van der Waals surface area contributed by atoms with Gasteiger partial charge in [-0.15, -0.1) is 0 Å². The van der Waals surface area contributed by atoms with Gasteiger partial charge >= 0.3 is 0 Å². The number of nitrogens with zero attached hydrogens (tertiary/aromatic N) is 4. The normalized spacial score (nSPS) is 18.6. The number of anilines is 2. The zero-order valence-corrected chi connectivity index (χ0v) is 11.3. The topological polar surface area (TPSA) is 113 Å². The lowest BCUT2D eigenvalue weighted by Crippen LogP contribution is -2.40. The fourth-order valence-corrected chi connectivity index (χ4v) is 2.59. The molecule has 0 aromatic carbocycles. The van der Waals surface area contributed by atoms with Gasteiger partial charge in [-0.2, -0.15) is 15.1 Å². The third kappa shape index (κ3) is 2.02. The maximum atomic E-state index is 11.6. The zero-order chi connectivity index (χ0) is 14.1. The fourth-order valence-electron chi connectivity index (χ4n) is 2.59. The molecule has 0 aliphatic carbocycles. The van der Waals surface area contributed by atoms with Gasteiger partial charge in [0, 0.05) is 13.1 Å². The number of primary amides is 1. The summed E-state index contributed by atoms with van der Waals surface area (Å²) < 4.78 is 0. The van der Waals surface area contributed by atoms with Gasteiger partial charge in [-0.3, -0.25) is 9.89 Å². The van der Waals surface area contributed by atoms with Crippen molar-refractivity contribution in [1.29, 1.82) is 0 Å². The monoisotopic (exact) mass is 275 g/mol. The minimum Gasteiger partial charge on any atom is -0.368 e. The van der Waals surface area contributed by atoms with Crippen molar-refractivity contribution in [2.24, 2.45) is 5.73 Å². The second kappa shape index (κ2) is 4.95. The van der Waals surface area contributed by atoms with Crippen molar-refractivity contribution in [3.05, 3.63) is 6.20 Å². The lowest BCUT2D eigenvalue weighted by Gasteiger charge is -2.24. The molecule has 0 radical (unpaired) electrons. The van der Waals surface area contributed by atoms with Crippen molar-refractivity contribution in [3.8, 4) is 0 Å². The summed E-state index contributed by atoms with van der Waals surface area (Å²) in [5, 5.41) is 10.7. The molecule has 0 spiro atoms. The molecule has 3 rings (SSSR count). The lowest BCUT2D eigenvalue weighted by atomic mass is 10.2. The molecule has 1 aliphatic rings. The Balaban J connectivity index is 2.09. The average Bonchev–Trinajstić information content (AvgIpc) is 3.06. The molecule has 3 heterocycles. The van der Waals surface area contributed by atoms with Gasteiger partial charge in [0.1, 0.15) is 11.9 Å². The lowest BCUT2D eigenvalue weighted by molar-refractivity contribution is -0.119. The molecular formula is C12H17N7O. The molecule has 2 aromatic rings. The van der Waals surface area contributed by atoms with E-state index in [2.05, 4.69) is 25.5 Å². The first kappa shape index (κ1) is 12.6. The first-order valence-electron chi connectivity index (χ1n) is 6.71. The van der Waals surface area contributed by atoms with E-state index < -0.39 is 0 Å². The van der Waals surface area contributed by atoms with Gasteiger partial charge in [-0.25, -0.2) is 0 Å². The molecule has 2 aromatic heterocycles. The van der Waals surface area contributed by atoms with Crippen LogP contribution in [-0.4, -0.2) is 45.2 Å². The first-order valence-corrected chi connectivity index (χ1v) is 6.71. The largest absolute Gasteiger partial charge is 0.368 e. The number of nitrogens with one attached hydrogen (secondary N) is 2. The van der Waals surface area contributed by atoms with Gasteiger partial charge in [-0.05, 0) is 19.8 Å². The van der Waals surface area contributed by atoms with Crippen molar-refractivity contribution >= 4 is 28.7 Å². The van der Waals surface area contributed by atoms with Gasteiger partial charge in [0.15, 0.2) is 5.65 Å². The van der Waals surface area contributed by atoms with E-state index in [1.54, 1.807) is 6.20 Å². The molecular weight excluding hydrogens is 258 g/mol. The molecule has 1 unspecified atom stereocenters. The van der Waals surface area contributed by atoms with Crippen LogP contribution in [0, 0.1) is 0 Å². The van der Waals surface area contributed by atoms with Gasteiger partial charge < -0.3 is 16.0 Å². The smallest absolute Gasteiger partial charge is 0.240 e. The fraction of sp³-hybridized carbons (Fsp3) is 0.500. The first-order chi connectivity index (χ1) is 9.70. The van der Waals surface area contributed by atoms with Crippen molar-refractivity contribution in [1.82, 2.24) is 20.2 Å². The minimum atomic E-state index is -0.317. The van der Waals surface area contributed by atoms with Gasteiger partial charge in [0.05, 0.1) is 11.6 Å². The standard InChI is InChI=1S/C12H17N7O/c1-2-14-12-16-10-7(6-15-18-10)11(17-12)19-5-3-4-8(19)9(13)20/h6,8H,2-5H2,1H3,(H2,13,20)(H2,14,15,16,17,18). The number of rotatable bonds is 4. The highest BCUT2D eigenvalue weighted by molar-refractivity contribution is 5.91. The Morgan fingerprint density at radius 1 is 1.60 bits per heavy atom. The van der Waals surface area contributed by atoms with Crippen molar-refractivity contribution in [2.45, 2.75) is 25.8 Å². The number of fused-ring (bicyclic) bond motifs is 1. The number of amides is 1. The number of hydrogen-bond donors (Lipinski definition) is 3. The number of carbonyl (C=O) groups is 1. The van der Waals surface area contributed by atoms with Crippen molar-refractivity contribution < 1.29 is 4.79 Å². The molecule has 0 saturated carbocycles. The third-order valence-corrected chi connectivity index (χ3v) is 3.48. The molecule has 20 heavy (non-hydrogen) atoms. The molecule has 1 saturated heterocycles. The summed E-state index contributed by atoms with van der Waals surface area (Å²) in [6.07, 6.45) is 3.36. The number of H-pyrrole nitrogens is 1. The molecule has 1 atom stereocenters. The summed E-state index contributed by atoms with van der Waals surface area (Å²) in [4.78, 5) is 22.4. The summed E-state index contributed by atoms with van der Waals surface area (Å²) in [7, 11) is 0. The van der Waals surface area contributed by atoms with Crippen LogP contribution in [0.25, 0.3) is 11.0 Å². The van der Waals surface area contributed by atoms with E-state index in [0.717, 1.165) is 31.3 Å². The Morgan fingerprint density at radius 3 is 3.20 bits per heavy atom. The van der Waals surface area contributed by atoms with E-state index in [0.29, 0.717) is 17.4 Å². The Morgan fingerprint density at radius 2 is 2.45 bits per heavy atom. The van der Waals surface area contributed by atoms with Gasteiger partial charge in [0.25, 0.3) is 0 Å². The number of aromatic nitrogens is 4. The van der Waals surface area contributed by atoms with E-state index in [1.165, 1.54) is 0 Å². The summed E-state index contributed by atoms with van der Waals surface area (Å²) in [5.74, 6) is 0.915. The summed E-state index contributed by atoms with van der Waals surface area (Å²) in [6, 6.07) is -0.308. The highest BCUT2D eigenvalue weighted by Crippen LogP contribution is 2.30. The van der Waals surface area contributed by atoms with Crippen molar-refractivity contribution in [2.75, 3.05) is 23.3 Å². The van der Waals surface area contributed by atoms with Crippen LogP contribution >= 0.6 is 0 Å². The van der Waals surface area contributed by atoms with Crippen LogP contribution in [0.2, 0.25) is 0 Å². The van der Waals surface area contributed by atoms with E-state index >= 15 is 0 Å². The Kier molecular flexibility index (Phi) is 3.13. The SMILES string of the molecule is CCNc1nc(N2CCCC2C(N)=O)c2cn[nH]c2n1. The van der Waals surface area contributed by atoms with E-state index in [4.69, 9.17) is 5.73 Å². The van der Waals surface area contributed by atoms with Crippen LogP contribution in [0.1, 0.15) is 19.8 Å². The predicted octanol–water partition coefficient (Wildman–Crippen LogP) is 0.239. The minimum absolute atomic E-state index is 0.308. The predicted molar refractivity (Wildman–Crippen MR) is 75.4 cm³/mol. The molecule has 106 valence electrons. The number of aromatic amines is 1. The molecule has 8 heteroatoms.